The number of rotatable bonds is 2. The second-order valence-electron chi connectivity index (χ2n) is 5.61. The van der Waals surface area contributed by atoms with Gasteiger partial charge in [0.05, 0.1) is 0 Å². The fourth-order valence-electron chi connectivity index (χ4n) is 2.77. The second-order valence-corrected chi connectivity index (χ2v) is 5.61. The zero-order valence-corrected chi connectivity index (χ0v) is 9.67. The average Bonchev–Trinajstić information content (AvgIpc) is 2.15. The summed E-state index contributed by atoms with van der Waals surface area (Å²) in [5.41, 5.74) is 5.77. The number of hydrogen-bond donors (Lipinski definition) is 1. The summed E-state index contributed by atoms with van der Waals surface area (Å²) in [5.74, 6) is 0.973. The van der Waals surface area contributed by atoms with Gasteiger partial charge in [0, 0.05) is 25.0 Å². The molecule has 0 aromatic heterocycles. The Morgan fingerprint density at radius 2 is 1.93 bits per heavy atom. The first-order valence-electron chi connectivity index (χ1n) is 6.13. The highest BCUT2D eigenvalue weighted by Crippen LogP contribution is 2.28. The molecule has 1 amide bonds. The minimum absolute atomic E-state index is 0.123. The van der Waals surface area contributed by atoms with E-state index < -0.39 is 0 Å². The first-order chi connectivity index (χ1) is 7.07. The highest BCUT2D eigenvalue weighted by molar-refractivity contribution is 5.77. The van der Waals surface area contributed by atoms with Gasteiger partial charge in [0.1, 0.15) is 0 Å². The summed E-state index contributed by atoms with van der Waals surface area (Å²) in [6.07, 6.45) is 7.24. The van der Waals surface area contributed by atoms with Gasteiger partial charge in [0.2, 0.25) is 5.91 Å². The van der Waals surface area contributed by atoms with Crippen molar-refractivity contribution in [3.05, 3.63) is 0 Å². The Morgan fingerprint density at radius 3 is 2.47 bits per heavy atom. The van der Waals surface area contributed by atoms with Gasteiger partial charge in [-0.2, -0.15) is 0 Å². The van der Waals surface area contributed by atoms with Gasteiger partial charge >= 0.3 is 0 Å². The Kier molecular flexibility index (Phi) is 3.01. The summed E-state index contributed by atoms with van der Waals surface area (Å²) in [5, 5.41) is 0. The molecule has 1 saturated carbocycles. The molecule has 2 fully saturated rings. The third-order valence-corrected chi connectivity index (χ3v) is 3.64. The van der Waals surface area contributed by atoms with E-state index in [0.717, 1.165) is 19.5 Å². The molecule has 3 nitrogen and oxygen atoms in total. The molecule has 0 radical (unpaired) electrons. The molecule has 15 heavy (non-hydrogen) atoms. The molecule has 0 bridgehead atoms. The third-order valence-electron chi connectivity index (χ3n) is 3.64. The van der Waals surface area contributed by atoms with Crippen LogP contribution >= 0.6 is 0 Å². The fourth-order valence-corrected chi connectivity index (χ4v) is 2.77. The molecule has 3 heteroatoms. The Balaban J connectivity index is 1.73. The Bertz CT molecular complexity index is 236. The standard InChI is InChI=1S/C12H22N2O/c1-12(13)8-14(9-12)11(15)7-10-5-3-2-4-6-10/h10H,2-9,13H2,1H3. The van der Waals surface area contributed by atoms with Gasteiger partial charge in [-0.1, -0.05) is 19.3 Å². The maximum absolute atomic E-state index is 11.9. The molecule has 0 aromatic carbocycles. The maximum atomic E-state index is 11.9. The van der Waals surface area contributed by atoms with Crippen LogP contribution in [-0.2, 0) is 4.79 Å². The molecular weight excluding hydrogens is 188 g/mol. The summed E-state index contributed by atoms with van der Waals surface area (Å²) < 4.78 is 0. The zero-order valence-electron chi connectivity index (χ0n) is 9.67. The van der Waals surface area contributed by atoms with Crippen LogP contribution in [0, 0.1) is 5.92 Å². The van der Waals surface area contributed by atoms with Crippen molar-refractivity contribution in [2.45, 2.75) is 51.0 Å². The molecule has 2 N–H and O–H groups in total. The average molecular weight is 210 g/mol. The predicted octanol–water partition coefficient (Wildman–Crippen LogP) is 1.52. The van der Waals surface area contributed by atoms with Gasteiger partial charge in [-0.25, -0.2) is 0 Å². The first-order valence-corrected chi connectivity index (χ1v) is 6.13. The van der Waals surface area contributed by atoms with E-state index in [2.05, 4.69) is 0 Å². The number of carbonyl (C=O) groups is 1. The second kappa shape index (κ2) is 4.12. The lowest BCUT2D eigenvalue weighted by Crippen LogP contribution is -2.66. The molecule has 0 spiro atoms. The van der Waals surface area contributed by atoms with Crippen molar-refractivity contribution in [1.29, 1.82) is 0 Å². The van der Waals surface area contributed by atoms with Crippen molar-refractivity contribution in [2.24, 2.45) is 11.7 Å². The highest BCUT2D eigenvalue weighted by atomic mass is 16.2. The molecule has 0 unspecified atom stereocenters. The van der Waals surface area contributed by atoms with Crippen LogP contribution in [0.15, 0.2) is 0 Å². The summed E-state index contributed by atoms with van der Waals surface area (Å²) in [6, 6.07) is 0. The van der Waals surface area contributed by atoms with Gasteiger partial charge in [0.25, 0.3) is 0 Å². The van der Waals surface area contributed by atoms with Crippen molar-refractivity contribution in [3.63, 3.8) is 0 Å². The van der Waals surface area contributed by atoms with Crippen LogP contribution in [0.25, 0.3) is 0 Å². The van der Waals surface area contributed by atoms with Crippen LogP contribution in [0.1, 0.15) is 45.4 Å². The van der Waals surface area contributed by atoms with Crippen LogP contribution < -0.4 is 5.73 Å². The lowest BCUT2D eigenvalue weighted by molar-refractivity contribution is -0.139. The topological polar surface area (TPSA) is 46.3 Å². The molecule has 86 valence electrons. The van der Waals surface area contributed by atoms with Crippen molar-refractivity contribution < 1.29 is 4.79 Å². The van der Waals surface area contributed by atoms with E-state index in [1.54, 1.807) is 0 Å². The van der Waals surface area contributed by atoms with Gasteiger partial charge in [-0.3, -0.25) is 4.79 Å². The highest BCUT2D eigenvalue weighted by Gasteiger charge is 2.38. The van der Waals surface area contributed by atoms with E-state index in [9.17, 15) is 4.79 Å². The smallest absolute Gasteiger partial charge is 0.222 e. The zero-order chi connectivity index (χ0) is 10.9. The lowest BCUT2D eigenvalue weighted by atomic mass is 9.85. The van der Waals surface area contributed by atoms with E-state index >= 15 is 0 Å². The Labute approximate surface area is 92.0 Å². The minimum Gasteiger partial charge on any atom is -0.339 e. The molecule has 1 heterocycles. The van der Waals surface area contributed by atoms with Crippen molar-refractivity contribution in [2.75, 3.05) is 13.1 Å². The molecule has 2 rings (SSSR count). The molecule has 2 aliphatic rings. The fraction of sp³-hybridized carbons (Fsp3) is 0.917. The first kappa shape index (κ1) is 10.9. The number of nitrogens with two attached hydrogens (primary N) is 1. The van der Waals surface area contributed by atoms with Crippen LogP contribution in [0.2, 0.25) is 0 Å². The number of likely N-dealkylation sites (tertiary alicyclic amines) is 1. The molecular formula is C12H22N2O. The SMILES string of the molecule is CC1(N)CN(C(=O)CC2CCCCC2)C1. The van der Waals surface area contributed by atoms with Gasteiger partial charge < -0.3 is 10.6 Å². The van der Waals surface area contributed by atoms with Crippen LogP contribution in [0.3, 0.4) is 0 Å². The molecule has 1 aliphatic heterocycles. The normalized spacial score (nSPS) is 26.1. The predicted molar refractivity (Wildman–Crippen MR) is 60.4 cm³/mol. The quantitative estimate of drug-likeness (QED) is 0.751. The van der Waals surface area contributed by atoms with Crippen LogP contribution in [-0.4, -0.2) is 29.4 Å². The van der Waals surface area contributed by atoms with E-state index in [0.29, 0.717) is 11.8 Å². The van der Waals surface area contributed by atoms with Crippen molar-refractivity contribution >= 4 is 5.91 Å². The molecule has 0 atom stereocenters. The molecule has 1 saturated heterocycles. The minimum atomic E-state index is -0.123. The summed E-state index contributed by atoms with van der Waals surface area (Å²) >= 11 is 0. The Hall–Kier alpha value is -0.570. The molecule has 0 aromatic rings. The Morgan fingerprint density at radius 1 is 1.33 bits per heavy atom. The van der Waals surface area contributed by atoms with E-state index in [1.165, 1.54) is 32.1 Å². The molecule has 1 aliphatic carbocycles. The number of carbonyl (C=O) groups excluding carboxylic acids is 1. The van der Waals surface area contributed by atoms with Gasteiger partial charge in [-0.05, 0) is 25.7 Å². The van der Waals surface area contributed by atoms with Crippen LogP contribution in [0.5, 0.6) is 0 Å². The van der Waals surface area contributed by atoms with Crippen LogP contribution in [0.4, 0.5) is 0 Å². The van der Waals surface area contributed by atoms with E-state index in [-0.39, 0.29) is 5.54 Å². The van der Waals surface area contributed by atoms with E-state index in [4.69, 9.17) is 5.73 Å². The number of hydrogen-bond acceptors (Lipinski definition) is 2. The summed E-state index contributed by atoms with van der Waals surface area (Å²) in [4.78, 5) is 13.8. The third kappa shape index (κ3) is 2.71. The maximum Gasteiger partial charge on any atom is 0.222 e. The number of nitrogens with zero attached hydrogens (tertiary/aromatic N) is 1. The largest absolute Gasteiger partial charge is 0.339 e. The monoisotopic (exact) mass is 210 g/mol. The summed E-state index contributed by atoms with van der Waals surface area (Å²) in [7, 11) is 0. The lowest BCUT2D eigenvalue weighted by Gasteiger charge is -2.46. The van der Waals surface area contributed by atoms with Gasteiger partial charge in [0.15, 0.2) is 0 Å². The van der Waals surface area contributed by atoms with Crippen molar-refractivity contribution in [1.82, 2.24) is 4.90 Å². The van der Waals surface area contributed by atoms with Gasteiger partial charge in [-0.15, -0.1) is 0 Å². The van der Waals surface area contributed by atoms with E-state index in [1.807, 2.05) is 11.8 Å². The van der Waals surface area contributed by atoms with Crippen molar-refractivity contribution in [3.8, 4) is 0 Å². The summed E-state index contributed by atoms with van der Waals surface area (Å²) in [6.45, 7) is 3.51. The number of amides is 1.